The number of piperazine rings is 1. The molecule has 8 heteroatoms. The molecule has 0 radical (unpaired) electrons. The van der Waals surface area contributed by atoms with Crippen molar-refractivity contribution in [2.45, 2.75) is 0 Å². The molecule has 1 saturated heterocycles. The lowest BCUT2D eigenvalue weighted by molar-refractivity contribution is 0.0615. The van der Waals surface area contributed by atoms with E-state index in [2.05, 4.69) is 9.88 Å². The minimum atomic E-state index is 0.00765. The molecule has 4 rings (SSSR count). The van der Waals surface area contributed by atoms with Gasteiger partial charge in [-0.2, -0.15) is 0 Å². The number of aromatic amines is 1. The minimum Gasteiger partial charge on any atom is -0.497 e. The Balaban J connectivity index is 1.29. The molecule has 0 aliphatic carbocycles. The van der Waals surface area contributed by atoms with Crippen molar-refractivity contribution in [3.05, 3.63) is 48.2 Å². The van der Waals surface area contributed by atoms with E-state index in [0.717, 1.165) is 42.0 Å². The molecule has 8 nitrogen and oxygen atoms in total. The number of benzene rings is 2. The zero-order chi connectivity index (χ0) is 22.5. The molecule has 1 fully saturated rings. The molecular weight excluding hydrogens is 410 g/mol. The van der Waals surface area contributed by atoms with Crippen molar-refractivity contribution < 1.29 is 23.7 Å². The Morgan fingerprint density at radius 3 is 2.19 bits per heavy atom. The van der Waals surface area contributed by atoms with E-state index in [1.165, 1.54) is 0 Å². The predicted octanol–water partition coefficient (Wildman–Crippen LogP) is 3.03. The second-order valence-electron chi connectivity index (χ2n) is 7.64. The van der Waals surface area contributed by atoms with E-state index in [4.69, 9.17) is 18.9 Å². The number of fused-ring (bicyclic) bond motifs is 1. The molecule has 2 aromatic carbocycles. The summed E-state index contributed by atoms with van der Waals surface area (Å²) in [7, 11) is 4.84. The Labute approximate surface area is 187 Å². The number of hydrogen-bond acceptors (Lipinski definition) is 6. The average Bonchev–Trinajstić information content (AvgIpc) is 3.26. The highest BCUT2D eigenvalue weighted by Gasteiger charge is 2.23. The van der Waals surface area contributed by atoms with Crippen LogP contribution in [0.2, 0.25) is 0 Å². The Kier molecular flexibility index (Phi) is 6.70. The first kappa shape index (κ1) is 21.8. The molecular formula is C24H29N3O5. The molecule has 1 aliphatic heterocycles. The maximum atomic E-state index is 13.0. The van der Waals surface area contributed by atoms with Crippen LogP contribution in [0.15, 0.2) is 42.5 Å². The summed E-state index contributed by atoms with van der Waals surface area (Å²) in [6.45, 7) is 4.43. The summed E-state index contributed by atoms with van der Waals surface area (Å²) in [6, 6.07) is 13.2. The Bertz CT molecular complexity index is 1010. The molecule has 0 bridgehead atoms. The molecule has 0 atom stereocenters. The summed E-state index contributed by atoms with van der Waals surface area (Å²) in [6.07, 6.45) is 0. The fourth-order valence-electron chi connectivity index (χ4n) is 3.88. The summed E-state index contributed by atoms with van der Waals surface area (Å²) >= 11 is 0. The lowest BCUT2D eigenvalue weighted by Crippen LogP contribution is -2.49. The second kappa shape index (κ2) is 9.82. The number of methoxy groups -OCH3 is 3. The van der Waals surface area contributed by atoms with Gasteiger partial charge in [0.15, 0.2) is 11.5 Å². The number of ether oxygens (including phenoxy) is 4. The quantitative estimate of drug-likeness (QED) is 0.582. The Morgan fingerprint density at radius 1 is 0.875 bits per heavy atom. The van der Waals surface area contributed by atoms with Crippen molar-refractivity contribution in [3.63, 3.8) is 0 Å². The van der Waals surface area contributed by atoms with Crippen LogP contribution in [0, 0.1) is 0 Å². The van der Waals surface area contributed by atoms with Crippen molar-refractivity contribution in [3.8, 4) is 23.0 Å². The number of nitrogens with zero attached hydrogens (tertiary/aromatic N) is 2. The fraction of sp³-hybridized carbons (Fsp3) is 0.375. The molecule has 0 unspecified atom stereocenters. The summed E-state index contributed by atoms with van der Waals surface area (Å²) in [5.41, 5.74) is 1.42. The summed E-state index contributed by atoms with van der Waals surface area (Å²) in [5.74, 6) is 2.92. The van der Waals surface area contributed by atoms with Crippen LogP contribution in [0.5, 0.6) is 23.0 Å². The van der Waals surface area contributed by atoms with Crippen LogP contribution in [0.3, 0.4) is 0 Å². The van der Waals surface area contributed by atoms with E-state index in [9.17, 15) is 4.79 Å². The van der Waals surface area contributed by atoms with Crippen molar-refractivity contribution in [2.24, 2.45) is 0 Å². The number of amides is 1. The molecule has 1 amide bonds. The van der Waals surface area contributed by atoms with Gasteiger partial charge in [0.25, 0.3) is 5.91 Å². The second-order valence-corrected chi connectivity index (χ2v) is 7.64. The number of nitrogens with one attached hydrogen (secondary N) is 1. The van der Waals surface area contributed by atoms with E-state index in [0.29, 0.717) is 36.9 Å². The molecule has 0 spiro atoms. The highest BCUT2D eigenvalue weighted by molar-refractivity contribution is 5.98. The van der Waals surface area contributed by atoms with Gasteiger partial charge in [-0.25, -0.2) is 0 Å². The first-order valence-corrected chi connectivity index (χ1v) is 10.6. The standard InChI is InChI=1S/C24H29N3O5/c1-29-18-4-6-19(7-5-18)32-13-12-26-8-10-27(11-9-26)24(28)21-14-17-15-22(30-2)23(31-3)16-20(17)25-21/h4-7,14-16,25H,8-13H2,1-3H3. The van der Waals surface area contributed by atoms with Gasteiger partial charge in [0.05, 0.1) is 21.3 Å². The number of rotatable bonds is 8. The maximum absolute atomic E-state index is 13.0. The van der Waals surface area contributed by atoms with E-state index in [-0.39, 0.29) is 5.91 Å². The van der Waals surface area contributed by atoms with E-state index in [1.54, 1.807) is 21.3 Å². The van der Waals surface area contributed by atoms with Crippen LogP contribution in [0.1, 0.15) is 10.5 Å². The highest BCUT2D eigenvalue weighted by Crippen LogP contribution is 2.32. The van der Waals surface area contributed by atoms with Crippen molar-refractivity contribution in [1.29, 1.82) is 0 Å². The monoisotopic (exact) mass is 439 g/mol. The summed E-state index contributed by atoms with van der Waals surface area (Å²) in [5, 5.41) is 0.917. The van der Waals surface area contributed by atoms with Gasteiger partial charge >= 0.3 is 0 Å². The summed E-state index contributed by atoms with van der Waals surface area (Å²) < 4.78 is 21.7. The van der Waals surface area contributed by atoms with Gasteiger partial charge in [-0.3, -0.25) is 9.69 Å². The van der Waals surface area contributed by atoms with Crippen LogP contribution < -0.4 is 18.9 Å². The van der Waals surface area contributed by atoms with Crippen molar-refractivity contribution >= 4 is 16.8 Å². The zero-order valence-electron chi connectivity index (χ0n) is 18.7. The number of carbonyl (C=O) groups excluding carboxylic acids is 1. The number of H-pyrrole nitrogens is 1. The van der Waals surface area contributed by atoms with E-state index in [1.807, 2.05) is 47.4 Å². The molecule has 0 saturated carbocycles. The molecule has 170 valence electrons. The predicted molar refractivity (Wildman–Crippen MR) is 122 cm³/mol. The number of carbonyl (C=O) groups is 1. The Hall–Kier alpha value is -3.39. The molecule has 1 N–H and O–H groups in total. The van der Waals surface area contributed by atoms with Gasteiger partial charge in [-0.05, 0) is 36.4 Å². The third-order valence-electron chi connectivity index (χ3n) is 5.75. The number of hydrogen-bond donors (Lipinski definition) is 1. The third kappa shape index (κ3) is 4.75. The summed E-state index contributed by atoms with van der Waals surface area (Å²) in [4.78, 5) is 20.4. The lowest BCUT2D eigenvalue weighted by Gasteiger charge is -2.34. The smallest absolute Gasteiger partial charge is 0.270 e. The normalized spacial score (nSPS) is 14.4. The minimum absolute atomic E-state index is 0.00765. The molecule has 1 aromatic heterocycles. The lowest BCUT2D eigenvalue weighted by atomic mass is 10.2. The van der Waals surface area contributed by atoms with E-state index < -0.39 is 0 Å². The SMILES string of the molecule is COc1ccc(OCCN2CCN(C(=O)c3cc4cc(OC)c(OC)cc4[nH]3)CC2)cc1. The first-order valence-electron chi connectivity index (χ1n) is 10.6. The first-order chi connectivity index (χ1) is 15.6. The fourth-order valence-corrected chi connectivity index (χ4v) is 3.88. The van der Waals surface area contributed by atoms with Gasteiger partial charge in [-0.1, -0.05) is 0 Å². The molecule has 32 heavy (non-hydrogen) atoms. The van der Waals surface area contributed by atoms with Crippen molar-refractivity contribution in [1.82, 2.24) is 14.8 Å². The van der Waals surface area contributed by atoms with Gasteiger partial charge in [-0.15, -0.1) is 0 Å². The third-order valence-corrected chi connectivity index (χ3v) is 5.75. The largest absolute Gasteiger partial charge is 0.497 e. The molecule has 1 aliphatic rings. The topological polar surface area (TPSA) is 76.3 Å². The average molecular weight is 440 g/mol. The van der Waals surface area contributed by atoms with Crippen LogP contribution >= 0.6 is 0 Å². The molecule has 3 aromatic rings. The van der Waals surface area contributed by atoms with E-state index >= 15 is 0 Å². The van der Waals surface area contributed by atoms with Gasteiger partial charge < -0.3 is 28.8 Å². The highest BCUT2D eigenvalue weighted by atomic mass is 16.5. The zero-order valence-corrected chi connectivity index (χ0v) is 18.7. The van der Waals surface area contributed by atoms with Gasteiger partial charge in [0.2, 0.25) is 0 Å². The van der Waals surface area contributed by atoms with Crippen LogP contribution in [0.4, 0.5) is 0 Å². The van der Waals surface area contributed by atoms with Crippen LogP contribution in [0.25, 0.3) is 10.9 Å². The number of aromatic nitrogens is 1. The van der Waals surface area contributed by atoms with Gasteiger partial charge in [0.1, 0.15) is 23.8 Å². The maximum Gasteiger partial charge on any atom is 0.270 e. The van der Waals surface area contributed by atoms with Crippen LogP contribution in [-0.2, 0) is 0 Å². The van der Waals surface area contributed by atoms with Crippen LogP contribution in [-0.4, -0.2) is 81.4 Å². The van der Waals surface area contributed by atoms with Crippen molar-refractivity contribution in [2.75, 3.05) is 60.7 Å². The molecule has 2 heterocycles. The Morgan fingerprint density at radius 2 is 1.53 bits per heavy atom. The van der Waals surface area contributed by atoms with Gasteiger partial charge in [0, 0.05) is 49.7 Å².